The molecule has 2 amide bonds. The molecular formula is C21H24N6O2S. The van der Waals surface area contributed by atoms with Gasteiger partial charge in [0.05, 0.1) is 12.1 Å². The van der Waals surface area contributed by atoms with Crippen LogP contribution >= 0.6 is 11.3 Å². The summed E-state index contributed by atoms with van der Waals surface area (Å²) in [6.07, 6.45) is 3.11. The van der Waals surface area contributed by atoms with Crippen LogP contribution in [0.15, 0.2) is 42.0 Å². The largest absolute Gasteiger partial charge is 0.372 e. The van der Waals surface area contributed by atoms with Gasteiger partial charge in [-0.2, -0.15) is 0 Å². The number of carbonyl (C=O) groups is 2. The average molecular weight is 425 g/mol. The van der Waals surface area contributed by atoms with Crippen LogP contribution in [-0.4, -0.2) is 39.9 Å². The number of amides is 2. The average Bonchev–Trinajstić information content (AvgIpc) is 3.18. The fourth-order valence-electron chi connectivity index (χ4n) is 2.95. The maximum absolute atomic E-state index is 12.5. The van der Waals surface area contributed by atoms with Gasteiger partial charge in [0.1, 0.15) is 0 Å². The Hall–Kier alpha value is -3.33. The van der Waals surface area contributed by atoms with Crippen LogP contribution in [0, 0.1) is 6.92 Å². The van der Waals surface area contributed by atoms with Crippen molar-refractivity contribution in [2.45, 2.75) is 27.2 Å². The predicted octanol–water partition coefficient (Wildman–Crippen LogP) is 3.52. The summed E-state index contributed by atoms with van der Waals surface area (Å²) in [5.74, 6) is -0.538. The smallest absolute Gasteiger partial charge is 0.295 e. The van der Waals surface area contributed by atoms with Gasteiger partial charge in [-0.1, -0.05) is 0 Å². The number of nitrogens with one attached hydrogen (secondary N) is 2. The monoisotopic (exact) mass is 424 g/mol. The van der Waals surface area contributed by atoms with Crippen molar-refractivity contribution in [3.63, 3.8) is 0 Å². The first kappa shape index (κ1) is 21.4. The molecule has 3 aromatic rings. The van der Waals surface area contributed by atoms with Gasteiger partial charge in [-0.15, -0.1) is 11.3 Å². The lowest BCUT2D eigenvalue weighted by atomic mass is 10.1. The number of carbonyl (C=O) groups excluding carboxylic acids is 2. The number of hydrogen-bond acceptors (Lipinski definition) is 7. The van der Waals surface area contributed by atoms with Crippen LogP contribution in [0.3, 0.4) is 0 Å². The zero-order valence-electron chi connectivity index (χ0n) is 17.2. The van der Waals surface area contributed by atoms with Crippen LogP contribution in [0.5, 0.6) is 0 Å². The molecule has 0 bridgehead atoms. The summed E-state index contributed by atoms with van der Waals surface area (Å²) in [6, 6.07) is 7.64. The third kappa shape index (κ3) is 5.38. The number of anilines is 3. The second kappa shape index (κ2) is 9.93. The zero-order chi connectivity index (χ0) is 21.5. The number of aryl methyl sites for hydroxylation is 1. The first-order valence-electron chi connectivity index (χ1n) is 9.68. The molecule has 2 N–H and O–H groups in total. The quantitative estimate of drug-likeness (QED) is 0.574. The fraction of sp³-hybridized carbons (Fsp3) is 0.286. The van der Waals surface area contributed by atoms with E-state index in [2.05, 4.69) is 50.4 Å². The molecule has 0 aliphatic rings. The molecule has 0 aliphatic heterocycles. The molecule has 2 aromatic heterocycles. The highest BCUT2D eigenvalue weighted by Crippen LogP contribution is 2.23. The molecule has 8 nitrogen and oxygen atoms in total. The maximum Gasteiger partial charge on any atom is 0.295 e. The summed E-state index contributed by atoms with van der Waals surface area (Å²) in [7, 11) is 0. The molecule has 0 saturated heterocycles. The van der Waals surface area contributed by atoms with Crippen LogP contribution in [0.1, 0.15) is 35.7 Å². The number of aromatic nitrogens is 3. The van der Waals surface area contributed by atoms with E-state index in [4.69, 9.17) is 0 Å². The third-order valence-electron chi connectivity index (χ3n) is 4.50. The fourth-order valence-corrected chi connectivity index (χ4v) is 3.65. The summed E-state index contributed by atoms with van der Waals surface area (Å²) in [5.41, 5.74) is 3.50. The standard InChI is InChI=1S/C21H24N6O2S/c1-4-27(5-2)16-7-8-17(14(3)11-16)25-18(28)12-15-13-30-21(24-15)26-20(29)19-22-9-6-10-23-19/h6-11,13H,4-5,12H2,1-3H3,(H,25,28)(H,24,26,29). The Bertz CT molecular complexity index is 1020. The van der Waals surface area contributed by atoms with Gasteiger partial charge in [-0.3, -0.25) is 14.9 Å². The minimum atomic E-state index is -0.440. The Morgan fingerprint density at radius 1 is 1.10 bits per heavy atom. The second-order valence-electron chi connectivity index (χ2n) is 6.57. The number of benzene rings is 1. The van der Waals surface area contributed by atoms with Gasteiger partial charge in [0.15, 0.2) is 5.13 Å². The number of rotatable bonds is 8. The van der Waals surface area contributed by atoms with Crippen molar-refractivity contribution >= 4 is 39.7 Å². The van der Waals surface area contributed by atoms with Crippen molar-refractivity contribution in [1.29, 1.82) is 0 Å². The van der Waals surface area contributed by atoms with Crippen molar-refractivity contribution < 1.29 is 9.59 Å². The molecule has 1 aromatic carbocycles. The minimum Gasteiger partial charge on any atom is -0.372 e. The highest BCUT2D eigenvalue weighted by atomic mass is 32.1. The SMILES string of the molecule is CCN(CC)c1ccc(NC(=O)Cc2csc(NC(=O)c3ncccn3)n2)c(C)c1. The van der Waals surface area contributed by atoms with E-state index in [0.717, 1.165) is 30.0 Å². The van der Waals surface area contributed by atoms with Crippen molar-refractivity contribution in [3.05, 3.63) is 59.1 Å². The second-order valence-corrected chi connectivity index (χ2v) is 7.43. The Morgan fingerprint density at radius 3 is 2.50 bits per heavy atom. The van der Waals surface area contributed by atoms with Gasteiger partial charge in [-0.05, 0) is 50.6 Å². The van der Waals surface area contributed by atoms with Crippen molar-refractivity contribution in [2.24, 2.45) is 0 Å². The molecule has 0 aliphatic carbocycles. The molecule has 9 heteroatoms. The summed E-state index contributed by atoms with van der Waals surface area (Å²) < 4.78 is 0. The van der Waals surface area contributed by atoms with Gasteiger partial charge in [-0.25, -0.2) is 15.0 Å². The number of thiazole rings is 1. The molecule has 30 heavy (non-hydrogen) atoms. The summed E-state index contributed by atoms with van der Waals surface area (Å²) in [6.45, 7) is 8.07. The van der Waals surface area contributed by atoms with E-state index in [-0.39, 0.29) is 18.2 Å². The van der Waals surface area contributed by atoms with E-state index in [1.807, 2.05) is 19.1 Å². The van der Waals surface area contributed by atoms with Crippen LogP contribution in [0.4, 0.5) is 16.5 Å². The highest BCUT2D eigenvalue weighted by molar-refractivity contribution is 7.14. The van der Waals surface area contributed by atoms with Crippen LogP contribution in [-0.2, 0) is 11.2 Å². The normalized spacial score (nSPS) is 10.5. The number of nitrogens with zero attached hydrogens (tertiary/aromatic N) is 4. The van der Waals surface area contributed by atoms with E-state index in [0.29, 0.717) is 10.8 Å². The van der Waals surface area contributed by atoms with Gasteiger partial charge in [0, 0.05) is 42.2 Å². The minimum absolute atomic E-state index is 0.0654. The van der Waals surface area contributed by atoms with Gasteiger partial charge < -0.3 is 10.2 Å². The van der Waals surface area contributed by atoms with Gasteiger partial charge in [0.2, 0.25) is 11.7 Å². The first-order chi connectivity index (χ1) is 14.5. The van der Waals surface area contributed by atoms with Crippen molar-refractivity contribution in [3.8, 4) is 0 Å². The summed E-state index contributed by atoms with van der Waals surface area (Å²) in [5, 5.41) is 7.73. The van der Waals surface area contributed by atoms with E-state index < -0.39 is 5.91 Å². The lowest BCUT2D eigenvalue weighted by Gasteiger charge is -2.22. The van der Waals surface area contributed by atoms with E-state index in [1.165, 1.54) is 23.7 Å². The molecule has 0 atom stereocenters. The summed E-state index contributed by atoms with van der Waals surface area (Å²) >= 11 is 1.25. The summed E-state index contributed by atoms with van der Waals surface area (Å²) in [4.78, 5) is 38.9. The molecule has 0 radical (unpaired) electrons. The predicted molar refractivity (Wildman–Crippen MR) is 119 cm³/mol. The molecule has 0 spiro atoms. The Balaban J connectivity index is 1.59. The lowest BCUT2D eigenvalue weighted by molar-refractivity contribution is -0.115. The topological polar surface area (TPSA) is 100 Å². The molecular weight excluding hydrogens is 400 g/mol. The maximum atomic E-state index is 12.5. The Morgan fingerprint density at radius 2 is 1.83 bits per heavy atom. The van der Waals surface area contributed by atoms with E-state index in [1.54, 1.807) is 11.4 Å². The van der Waals surface area contributed by atoms with Crippen LogP contribution in [0.2, 0.25) is 0 Å². The molecule has 3 rings (SSSR count). The van der Waals surface area contributed by atoms with E-state index >= 15 is 0 Å². The van der Waals surface area contributed by atoms with E-state index in [9.17, 15) is 9.59 Å². The third-order valence-corrected chi connectivity index (χ3v) is 5.30. The van der Waals surface area contributed by atoms with Gasteiger partial charge in [0.25, 0.3) is 5.91 Å². The molecule has 0 saturated carbocycles. The molecule has 0 fully saturated rings. The molecule has 156 valence electrons. The lowest BCUT2D eigenvalue weighted by Crippen LogP contribution is -2.22. The van der Waals surface area contributed by atoms with Crippen LogP contribution < -0.4 is 15.5 Å². The number of hydrogen-bond donors (Lipinski definition) is 2. The zero-order valence-corrected chi connectivity index (χ0v) is 18.0. The molecule has 0 unspecified atom stereocenters. The first-order valence-corrected chi connectivity index (χ1v) is 10.6. The Kier molecular flexibility index (Phi) is 7.08. The Labute approximate surface area is 179 Å². The van der Waals surface area contributed by atoms with Crippen LogP contribution in [0.25, 0.3) is 0 Å². The highest BCUT2D eigenvalue weighted by Gasteiger charge is 2.14. The van der Waals surface area contributed by atoms with Crippen molar-refractivity contribution in [1.82, 2.24) is 15.0 Å². The molecule has 2 heterocycles. The van der Waals surface area contributed by atoms with Crippen molar-refractivity contribution in [2.75, 3.05) is 28.6 Å². The van der Waals surface area contributed by atoms with Gasteiger partial charge >= 0.3 is 0 Å².